The van der Waals surface area contributed by atoms with Crippen LogP contribution in [0.4, 0.5) is 0 Å². The number of hydrogen-bond donors (Lipinski definition) is 2. The van der Waals surface area contributed by atoms with Gasteiger partial charge in [-0.2, -0.15) is 0 Å². The Kier molecular flexibility index (Phi) is 6.34. The summed E-state index contributed by atoms with van der Waals surface area (Å²) in [5.74, 6) is 3.92. The van der Waals surface area contributed by atoms with E-state index in [0.29, 0.717) is 19.0 Å². The molecule has 0 saturated heterocycles. The van der Waals surface area contributed by atoms with Gasteiger partial charge in [0.25, 0.3) is 0 Å². The monoisotopic (exact) mass is 333 g/mol. The summed E-state index contributed by atoms with van der Waals surface area (Å²) in [6.07, 6.45) is 2.21. The van der Waals surface area contributed by atoms with E-state index in [1.807, 2.05) is 32.4 Å². The van der Waals surface area contributed by atoms with E-state index in [9.17, 15) is 0 Å². The van der Waals surface area contributed by atoms with Crippen LogP contribution in [-0.2, 0) is 20.1 Å². The maximum Gasteiger partial charge on any atom is 0.214 e. The van der Waals surface area contributed by atoms with E-state index >= 15 is 0 Å². The average Bonchev–Trinajstić information content (AvgIpc) is 3.05. The third-order valence-corrected chi connectivity index (χ3v) is 3.86. The van der Waals surface area contributed by atoms with Gasteiger partial charge in [0, 0.05) is 13.6 Å². The molecule has 0 bridgehead atoms. The summed E-state index contributed by atoms with van der Waals surface area (Å²) in [6.45, 7) is 9.75. The van der Waals surface area contributed by atoms with Crippen molar-refractivity contribution < 1.29 is 4.42 Å². The van der Waals surface area contributed by atoms with Crippen LogP contribution in [0.2, 0.25) is 0 Å². The molecule has 24 heavy (non-hydrogen) atoms. The standard InChI is InChI=1S/C16H27N7O/c1-6-7-8-17-16(18-9-14-22-21-13(4)23(14)5)19-10-15-20-11(2)12(3)24-15/h6-10H2,1-5H3,(H2,17,18,19). The predicted octanol–water partition coefficient (Wildman–Crippen LogP) is 1.76. The summed E-state index contributed by atoms with van der Waals surface area (Å²) in [5.41, 5.74) is 0.916. The lowest BCUT2D eigenvalue weighted by atomic mass is 10.3. The lowest BCUT2D eigenvalue weighted by Gasteiger charge is -2.11. The molecule has 0 spiro atoms. The molecule has 2 rings (SSSR count). The van der Waals surface area contributed by atoms with Crippen LogP contribution in [0.25, 0.3) is 0 Å². The van der Waals surface area contributed by atoms with Gasteiger partial charge in [0.1, 0.15) is 18.1 Å². The Morgan fingerprint density at radius 3 is 2.58 bits per heavy atom. The molecule has 0 aromatic carbocycles. The van der Waals surface area contributed by atoms with Gasteiger partial charge in [0.15, 0.2) is 11.8 Å². The van der Waals surface area contributed by atoms with Gasteiger partial charge in [-0.3, -0.25) is 0 Å². The van der Waals surface area contributed by atoms with Crippen molar-refractivity contribution in [3.05, 3.63) is 29.0 Å². The Balaban J connectivity index is 1.99. The molecular formula is C16H27N7O. The predicted molar refractivity (Wildman–Crippen MR) is 92.6 cm³/mol. The highest BCUT2D eigenvalue weighted by molar-refractivity contribution is 5.79. The molecular weight excluding hydrogens is 306 g/mol. The van der Waals surface area contributed by atoms with Crippen molar-refractivity contribution in [1.29, 1.82) is 0 Å². The minimum atomic E-state index is 0.461. The Morgan fingerprint density at radius 2 is 2.00 bits per heavy atom. The van der Waals surface area contributed by atoms with Gasteiger partial charge in [0.05, 0.1) is 12.2 Å². The number of nitrogens with one attached hydrogen (secondary N) is 2. The van der Waals surface area contributed by atoms with Gasteiger partial charge in [-0.1, -0.05) is 13.3 Å². The van der Waals surface area contributed by atoms with Crippen molar-refractivity contribution in [1.82, 2.24) is 30.4 Å². The molecule has 0 radical (unpaired) electrons. The maximum absolute atomic E-state index is 5.59. The Hall–Kier alpha value is -2.38. The summed E-state index contributed by atoms with van der Waals surface area (Å²) in [5, 5.41) is 14.8. The van der Waals surface area contributed by atoms with E-state index in [1.54, 1.807) is 0 Å². The number of unbranched alkanes of at least 4 members (excludes halogenated alkanes) is 1. The number of guanidine groups is 1. The van der Waals surface area contributed by atoms with Crippen molar-refractivity contribution in [2.75, 3.05) is 6.54 Å². The molecule has 8 nitrogen and oxygen atoms in total. The zero-order valence-corrected chi connectivity index (χ0v) is 15.2. The molecule has 2 aromatic rings. The molecule has 0 aliphatic heterocycles. The van der Waals surface area contributed by atoms with Crippen molar-refractivity contribution in [3.63, 3.8) is 0 Å². The summed E-state index contributed by atoms with van der Waals surface area (Å²) in [4.78, 5) is 8.96. The molecule has 8 heteroatoms. The zero-order chi connectivity index (χ0) is 17.5. The summed E-state index contributed by atoms with van der Waals surface area (Å²) in [6, 6.07) is 0. The molecule has 0 unspecified atom stereocenters. The van der Waals surface area contributed by atoms with Gasteiger partial charge >= 0.3 is 0 Å². The number of aromatic nitrogens is 4. The Morgan fingerprint density at radius 1 is 1.21 bits per heavy atom. The average molecular weight is 333 g/mol. The fourth-order valence-corrected chi connectivity index (χ4v) is 2.07. The highest BCUT2D eigenvalue weighted by atomic mass is 16.4. The summed E-state index contributed by atoms with van der Waals surface area (Å²) in [7, 11) is 1.94. The highest BCUT2D eigenvalue weighted by Gasteiger charge is 2.08. The smallest absolute Gasteiger partial charge is 0.214 e. The van der Waals surface area contributed by atoms with Crippen molar-refractivity contribution in [3.8, 4) is 0 Å². The van der Waals surface area contributed by atoms with E-state index < -0.39 is 0 Å². The van der Waals surface area contributed by atoms with Gasteiger partial charge in [0.2, 0.25) is 5.89 Å². The minimum absolute atomic E-state index is 0.461. The molecule has 0 aliphatic carbocycles. The maximum atomic E-state index is 5.59. The van der Waals surface area contributed by atoms with Gasteiger partial charge in [-0.15, -0.1) is 10.2 Å². The largest absolute Gasteiger partial charge is 0.444 e. The van der Waals surface area contributed by atoms with Crippen molar-refractivity contribution >= 4 is 5.96 Å². The van der Waals surface area contributed by atoms with Gasteiger partial charge in [-0.05, 0) is 27.2 Å². The molecule has 0 atom stereocenters. The van der Waals surface area contributed by atoms with E-state index in [1.165, 1.54) is 0 Å². The van der Waals surface area contributed by atoms with Crippen LogP contribution in [0.15, 0.2) is 9.41 Å². The SMILES string of the molecule is CCCCNC(=NCc1nnc(C)n1C)NCc1nc(C)c(C)o1. The third kappa shape index (κ3) is 4.81. The molecule has 132 valence electrons. The van der Waals surface area contributed by atoms with Crippen LogP contribution in [-0.4, -0.2) is 32.3 Å². The van der Waals surface area contributed by atoms with Crippen LogP contribution in [0, 0.1) is 20.8 Å². The van der Waals surface area contributed by atoms with Crippen LogP contribution in [0.1, 0.15) is 48.8 Å². The van der Waals surface area contributed by atoms with Crippen LogP contribution in [0.5, 0.6) is 0 Å². The number of rotatable bonds is 7. The first kappa shape index (κ1) is 18.0. The Bertz CT molecular complexity index is 667. The van der Waals surface area contributed by atoms with E-state index in [4.69, 9.17) is 4.42 Å². The fraction of sp³-hybridized carbons (Fsp3) is 0.625. The topological polar surface area (TPSA) is 93.2 Å². The van der Waals surface area contributed by atoms with Gasteiger partial charge in [-0.25, -0.2) is 9.98 Å². The second-order valence-corrected chi connectivity index (χ2v) is 5.77. The second kappa shape index (κ2) is 8.47. The number of nitrogens with zero attached hydrogens (tertiary/aromatic N) is 5. The Labute approximate surface area is 142 Å². The third-order valence-electron chi connectivity index (χ3n) is 3.86. The van der Waals surface area contributed by atoms with Crippen LogP contribution in [0.3, 0.4) is 0 Å². The van der Waals surface area contributed by atoms with E-state index in [2.05, 4.69) is 37.7 Å². The van der Waals surface area contributed by atoms with Crippen molar-refractivity contribution in [2.24, 2.45) is 12.0 Å². The molecule has 2 aromatic heterocycles. The number of aliphatic imine (C=N–C) groups is 1. The van der Waals surface area contributed by atoms with Gasteiger partial charge < -0.3 is 19.6 Å². The summed E-state index contributed by atoms with van der Waals surface area (Å²) < 4.78 is 7.53. The highest BCUT2D eigenvalue weighted by Crippen LogP contribution is 2.07. The molecule has 2 N–H and O–H groups in total. The zero-order valence-electron chi connectivity index (χ0n) is 15.2. The summed E-state index contributed by atoms with van der Waals surface area (Å²) >= 11 is 0. The lowest BCUT2D eigenvalue weighted by Crippen LogP contribution is -2.37. The first-order valence-electron chi connectivity index (χ1n) is 8.31. The molecule has 0 amide bonds. The normalized spacial score (nSPS) is 11.8. The second-order valence-electron chi connectivity index (χ2n) is 5.77. The molecule has 2 heterocycles. The number of aryl methyl sites for hydroxylation is 3. The minimum Gasteiger partial charge on any atom is -0.444 e. The molecule has 0 saturated carbocycles. The van der Waals surface area contributed by atoms with Crippen molar-refractivity contribution in [2.45, 2.75) is 53.6 Å². The molecule has 0 aliphatic rings. The van der Waals surface area contributed by atoms with Crippen LogP contribution >= 0.6 is 0 Å². The van der Waals surface area contributed by atoms with E-state index in [-0.39, 0.29) is 0 Å². The number of oxazole rings is 1. The first-order valence-corrected chi connectivity index (χ1v) is 8.31. The van der Waals surface area contributed by atoms with E-state index in [0.717, 1.165) is 48.4 Å². The number of hydrogen-bond acceptors (Lipinski definition) is 5. The quantitative estimate of drug-likeness (QED) is 0.456. The first-order chi connectivity index (χ1) is 11.5. The van der Waals surface area contributed by atoms with Crippen LogP contribution < -0.4 is 10.6 Å². The lowest BCUT2D eigenvalue weighted by molar-refractivity contribution is 0.463. The fourth-order valence-electron chi connectivity index (χ4n) is 2.07. The molecule has 0 fully saturated rings.